The Morgan fingerprint density at radius 3 is 2.76 bits per heavy atom. The average Bonchev–Trinajstić information content (AvgIpc) is 2.91. The smallest absolute Gasteiger partial charge is 0.153 e. The van der Waals surface area contributed by atoms with E-state index >= 15 is 0 Å². The molecule has 3 aromatic rings. The second-order valence-electron chi connectivity index (χ2n) is 5.07. The number of likely N-dealkylation sites (N-methyl/N-ethyl adjacent to an activating group) is 1. The van der Waals surface area contributed by atoms with Gasteiger partial charge >= 0.3 is 0 Å². The van der Waals surface area contributed by atoms with E-state index in [2.05, 4.69) is 51.1 Å². The van der Waals surface area contributed by atoms with Gasteiger partial charge in [0.15, 0.2) is 5.82 Å². The monoisotopic (exact) mass is 283 g/mol. The maximum atomic E-state index is 4.41. The van der Waals surface area contributed by atoms with Crippen LogP contribution >= 0.6 is 0 Å². The largest absolute Gasteiger partial charge is 0.367 e. The minimum Gasteiger partial charge on any atom is -0.367 e. The molecule has 0 bridgehead atoms. The van der Waals surface area contributed by atoms with Crippen LogP contribution in [0, 0.1) is 0 Å². The Morgan fingerprint density at radius 1 is 1.14 bits per heavy atom. The second kappa shape index (κ2) is 6.10. The summed E-state index contributed by atoms with van der Waals surface area (Å²) in [5.41, 5.74) is 3.06. The molecule has 0 aliphatic rings. The van der Waals surface area contributed by atoms with E-state index in [0.717, 1.165) is 53.9 Å². The maximum Gasteiger partial charge on any atom is 0.153 e. The van der Waals surface area contributed by atoms with Gasteiger partial charge in [-0.25, -0.2) is 9.97 Å². The highest BCUT2D eigenvalue weighted by Crippen LogP contribution is 2.26. The minimum atomic E-state index is 0.878. The molecule has 21 heavy (non-hydrogen) atoms. The molecule has 0 unspecified atom stereocenters. The molecule has 0 radical (unpaired) electrons. The third-order valence-electron chi connectivity index (χ3n) is 3.90. The van der Waals surface area contributed by atoms with Gasteiger partial charge in [-0.1, -0.05) is 32.0 Å². The zero-order valence-corrected chi connectivity index (χ0v) is 12.6. The molecule has 2 heterocycles. The van der Waals surface area contributed by atoms with Crippen molar-refractivity contribution < 1.29 is 0 Å². The van der Waals surface area contributed by atoms with Crippen LogP contribution in [0.1, 0.15) is 13.8 Å². The Hall–Kier alpha value is -2.14. The molecule has 0 aliphatic heterocycles. The highest BCUT2D eigenvalue weighted by atomic mass is 15.1. The molecule has 110 valence electrons. The van der Waals surface area contributed by atoms with Crippen molar-refractivity contribution in [2.45, 2.75) is 13.8 Å². The number of nitrogens with zero attached hydrogens (tertiary/aromatic N) is 3. The van der Waals surface area contributed by atoms with Crippen LogP contribution in [0.25, 0.3) is 21.9 Å². The Kier molecular flexibility index (Phi) is 4.01. The van der Waals surface area contributed by atoms with Crippen LogP contribution in [0.2, 0.25) is 0 Å². The van der Waals surface area contributed by atoms with E-state index in [1.54, 1.807) is 6.33 Å². The van der Waals surface area contributed by atoms with E-state index in [1.165, 1.54) is 0 Å². The molecule has 0 spiro atoms. The van der Waals surface area contributed by atoms with Gasteiger partial charge in [0.2, 0.25) is 0 Å². The molecule has 1 aromatic carbocycles. The van der Waals surface area contributed by atoms with Crippen molar-refractivity contribution in [1.29, 1.82) is 0 Å². The summed E-state index contributed by atoms with van der Waals surface area (Å²) >= 11 is 0. The maximum absolute atomic E-state index is 4.41. The fraction of sp³-hybridized carbons (Fsp3) is 0.375. The number of fused-ring (bicyclic) bond motifs is 3. The lowest BCUT2D eigenvalue weighted by molar-refractivity contribution is 0.316. The minimum absolute atomic E-state index is 0.878. The summed E-state index contributed by atoms with van der Waals surface area (Å²) in [5.74, 6) is 0.878. The van der Waals surface area contributed by atoms with Gasteiger partial charge in [0.1, 0.15) is 17.4 Å². The number of benzene rings is 1. The summed E-state index contributed by atoms with van der Waals surface area (Å²) in [4.78, 5) is 14.6. The molecule has 0 fully saturated rings. The average molecular weight is 283 g/mol. The fourth-order valence-electron chi connectivity index (χ4n) is 2.65. The number of aromatic nitrogens is 3. The number of hydrogen-bond donors (Lipinski definition) is 2. The molecule has 0 saturated carbocycles. The zero-order chi connectivity index (χ0) is 14.7. The van der Waals surface area contributed by atoms with Gasteiger partial charge in [0.05, 0.1) is 0 Å². The van der Waals surface area contributed by atoms with Crippen LogP contribution in [0.3, 0.4) is 0 Å². The predicted octanol–water partition coefficient (Wildman–Crippen LogP) is 2.86. The van der Waals surface area contributed by atoms with Gasteiger partial charge in [-0.15, -0.1) is 0 Å². The van der Waals surface area contributed by atoms with Gasteiger partial charge in [-0.05, 0) is 19.2 Å². The van der Waals surface area contributed by atoms with Crippen LogP contribution in [0.15, 0.2) is 30.6 Å². The summed E-state index contributed by atoms with van der Waals surface area (Å²) in [6, 6.07) is 8.21. The van der Waals surface area contributed by atoms with Crippen molar-refractivity contribution in [3.63, 3.8) is 0 Å². The van der Waals surface area contributed by atoms with E-state index in [4.69, 9.17) is 0 Å². The highest BCUT2D eigenvalue weighted by Gasteiger charge is 2.09. The molecule has 5 heteroatoms. The topological polar surface area (TPSA) is 56.8 Å². The Morgan fingerprint density at radius 2 is 1.95 bits per heavy atom. The molecule has 0 amide bonds. The lowest BCUT2D eigenvalue weighted by Crippen LogP contribution is -2.28. The van der Waals surface area contributed by atoms with E-state index in [1.807, 2.05) is 12.1 Å². The SMILES string of the molecule is CCN(CC)CCNc1ncnc2c1[nH]c1ccccc12. The van der Waals surface area contributed by atoms with Gasteiger partial charge in [0, 0.05) is 24.0 Å². The fourth-order valence-corrected chi connectivity index (χ4v) is 2.65. The Labute approximate surface area is 124 Å². The van der Waals surface area contributed by atoms with Gasteiger partial charge in [-0.3, -0.25) is 0 Å². The number of aromatic amines is 1. The Bertz CT molecular complexity index is 730. The first-order chi connectivity index (χ1) is 10.3. The third kappa shape index (κ3) is 2.69. The lowest BCUT2D eigenvalue weighted by Gasteiger charge is -2.18. The summed E-state index contributed by atoms with van der Waals surface area (Å²) in [7, 11) is 0. The summed E-state index contributed by atoms with van der Waals surface area (Å²) in [6.07, 6.45) is 1.63. The number of hydrogen-bond acceptors (Lipinski definition) is 4. The molecule has 2 N–H and O–H groups in total. The number of anilines is 1. The van der Waals surface area contributed by atoms with E-state index in [9.17, 15) is 0 Å². The van der Waals surface area contributed by atoms with Crippen LogP contribution in [-0.2, 0) is 0 Å². The van der Waals surface area contributed by atoms with Crippen molar-refractivity contribution in [1.82, 2.24) is 19.9 Å². The molecule has 0 saturated heterocycles. The van der Waals surface area contributed by atoms with Crippen molar-refractivity contribution in [2.24, 2.45) is 0 Å². The van der Waals surface area contributed by atoms with E-state index < -0.39 is 0 Å². The van der Waals surface area contributed by atoms with Crippen molar-refractivity contribution in [3.05, 3.63) is 30.6 Å². The summed E-state index contributed by atoms with van der Waals surface area (Å²) in [6.45, 7) is 8.41. The van der Waals surface area contributed by atoms with E-state index in [-0.39, 0.29) is 0 Å². The quantitative estimate of drug-likeness (QED) is 0.730. The molecule has 5 nitrogen and oxygen atoms in total. The van der Waals surface area contributed by atoms with Crippen LogP contribution in [0.4, 0.5) is 5.82 Å². The highest BCUT2D eigenvalue weighted by molar-refractivity contribution is 6.07. The van der Waals surface area contributed by atoms with Crippen molar-refractivity contribution >= 4 is 27.8 Å². The van der Waals surface area contributed by atoms with Crippen LogP contribution in [0.5, 0.6) is 0 Å². The lowest BCUT2D eigenvalue weighted by atomic mass is 10.2. The predicted molar refractivity (Wildman–Crippen MR) is 87.7 cm³/mol. The second-order valence-corrected chi connectivity index (χ2v) is 5.07. The molecular formula is C16H21N5. The van der Waals surface area contributed by atoms with Gasteiger partial charge in [-0.2, -0.15) is 0 Å². The zero-order valence-electron chi connectivity index (χ0n) is 12.6. The van der Waals surface area contributed by atoms with Crippen LogP contribution in [-0.4, -0.2) is 46.0 Å². The number of para-hydroxylation sites is 1. The van der Waals surface area contributed by atoms with Gasteiger partial charge in [0.25, 0.3) is 0 Å². The molecular weight excluding hydrogens is 262 g/mol. The van der Waals surface area contributed by atoms with Crippen molar-refractivity contribution in [3.8, 4) is 0 Å². The standard InChI is InChI=1S/C16H21N5/c1-3-21(4-2)10-9-17-16-15-14(18-11-19-16)12-7-5-6-8-13(12)20-15/h5-8,11,20H,3-4,9-10H2,1-2H3,(H,17,18,19). The molecule has 3 rings (SSSR count). The summed E-state index contributed by atoms with van der Waals surface area (Å²) < 4.78 is 0. The third-order valence-corrected chi connectivity index (χ3v) is 3.90. The molecule has 0 aliphatic carbocycles. The molecule has 0 atom stereocenters. The summed E-state index contributed by atoms with van der Waals surface area (Å²) in [5, 5.41) is 4.56. The number of H-pyrrole nitrogens is 1. The Balaban J connectivity index is 1.85. The normalized spacial score (nSPS) is 11.6. The first kappa shape index (κ1) is 13.8. The first-order valence-electron chi connectivity index (χ1n) is 7.51. The number of nitrogens with one attached hydrogen (secondary N) is 2. The van der Waals surface area contributed by atoms with Crippen LogP contribution < -0.4 is 5.32 Å². The number of rotatable bonds is 6. The van der Waals surface area contributed by atoms with Crippen molar-refractivity contribution in [2.75, 3.05) is 31.5 Å². The molecule has 2 aromatic heterocycles. The van der Waals surface area contributed by atoms with E-state index in [0.29, 0.717) is 0 Å². The van der Waals surface area contributed by atoms with Gasteiger partial charge < -0.3 is 15.2 Å². The first-order valence-corrected chi connectivity index (χ1v) is 7.51.